The molecular formula is C94H158NO8+. The van der Waals surface area contributed by atoms with Crippen LogP contribution in [-0.2, 0) is 33.3 Å². The van der Waals surface area contributed by atoms with Crippen molar-refractivity contribution in [3.8, 4) is 0 Å². The third-order valence-corrected chi connectivity index (χ3v) is 18.0. The van der Waals surface area contributed by atoms with Gasteiger partial charge in [0.05, 0.1) is 34.4 Å². The number of nitrogens with zero attached hydrogens (tertiary/aromatic N) is 1. The lowest BCUT2D eigenvalue weighted by Gasteiger charge is -2.25. The molecule has 0 saturated carbocycles. The molecular weight excluding hydrogens is 1270 g/mol. The van der Waals surface area contributed by atoms with E-state index in [-0.39, 0.29) is 32.2 Å². The number of carboxylic acid groups (broad SMARTS) is 1. The molecule has 0 aromatic heterocycles. The van der Waals surface area contributed by atoms with Crippen LogP contribution in [0, 0.1) is 0 Å². The van der Waals surface area contributed by atoms with Crippen LogP contribution in [0.5, 0.6) is 0 Å². The van der Waals surface area contributed by atoms with E-state index in [0.29, 0.717) is 23.9 Å². The molecule has 9 heteroatoms. The maximum absolute atomic E-state index is 13.0. The minimum atomic E-state index is -1.52. The number of likely N-dealkylation sites (N-methyl/N-ethyl adjacent to an activating group) is 1. The molecule has 0 fully saturated rings. The summed E-state index contributed by atoms with van der Waals surface area (Å²) in [4.78, 5) is 37.8. The van der Waals surface area contributed by atoms with Crippen LogP contribution in [-0.4, -0.2) is 87.4 Å². The maximum Gasteiger partial charge on any atom is 0.361 e. The predicted octanol–water partition coefficient (Wildman–Crippen LogP) is 27.7. The van der Waals surface area contributed by atoms with Gasteiger partial charge in [-0.05, 0) is 128 Å². The van der Waals surface area contributed by atoms with E-state index in [1.54, 1.807) is 0 Å². The van der Waals surface area contributed by atoms with E-state index in [0.717, 1.165) is 148 Å². The smallest absolute Gasteiger partial charge is 0.361 e. The number of carbonyl (C=O) groups is 3. The fourth-order valence-electron chi connectivity index (χ4n) is 11.6. The lowest BCUT2D eigenvalue weighted by atomic mass is 10.0. The summed E-state index contributed by atoms with van der Waals surface area (Å²) < 4.78 is 23.0. The Morgan fingerprint density at radius 2 is 0.524 bits per heavy atom. The molecule has 0 aromatic carbocycles. The molecule has 2 atom stereocenters. The highest BCUT2D eigenvalue weighted by atomic mass is 16.7. The van der Waals surface area contributed by atoms with Gasteiger partial charge in [-0.15, -0.1) is 0 Å². The Balaban J connectivity index is 4.04. The molecule has 0 aliphatic heterocycles. The normalized spacial score (nSPS) is 13.5. The van der Waals surface area contributed by atoms with E-state index in [2.05, 4.69) is 184 Å². The number of hydrogen-bond acceptors (Lipinski definition) is 7. The summed E-state index contributed by atoms with van der Waals surface area (Å²) in [7, 11) is 5.98. The molecule has 0 amide bonds. The molecule has 0 heterocycles. The highest BCUT2D eigenvalue weighted by Gasteiger charge is 2.25. The number of carbonyl (C=O) groups excluding carboxylic acids is 2. The summed E-state index contributed by atoms with van der Waals surface area (Å²) in [6.07, 6.45) is 121. The van der Waals surface area contributed by atoms with Crippen LogP contribution in [0.25, 0.3) is 0 Å². The number of quaternary nitrogens is 1. The molecule has 0 aliphatic rings. The van der Waals surface area contributed by atoms with Gasteiger partial charge in [-0.3, -0.25) is 9.59 Å². The molecule has 103 heavy (non-hydrogen) atoms. The third kappa shape index (κ3) is 83.8. The van der Waals surface area contributed by atoms with Gasteiger partial charge < -0.3 is 28.5 Å². The number of aliphatic carboxylic acids is 1. The van der Waals surface area contributed by atoms with Crippen LogP contribution in [0.2, 0.25) is 0 Å². The Labute approximate surface area is 635 Å². The highest BCUT2D eigenvalue weighted by molar-refractivity contribution is 5.71. The average molecular weight is 1430 g/mol. The van der Waals surface area contributed by atoms with Crippen molar-refractivity contribution in [2.75, 3.05) is 47.5 Å². The number of rotatable bonds is 77. The summed E-state index contributed by atoms with van der Waals surface area (Å²) in [5, 5.41) is 9.78. The topological polar surface area (TPSA) is 108 Å². The Morgan fingerprint density at radius 3 is 0.777 bits per heavy atom. The second kappa shape index (κ2) is 82.3. The molecule has 0 aliphatic carbocycles. The van der Waals surface area contributed by atoms with E-state index in [9.17, 15) is 19.5 Å². The first-order valence-corrected chi connectivity index (χ1v) is 42.3. The van der Waals surface area contributed by atoms with E-state index in [4.69, 9.17) is 18.9 Å². The van der Waals surface area contributed by atoms with Gasteiger partial charge in [0.1, 0.15) is 13.2 Å². The minimum Gasteiger partial charge on any atom is -0.477 e. The molecule has 0 saturated heterocycles. The largest absolute Gasteiger partial charge is 0.477 e. The quantitative estimate of drug-likeness (QED) is 0.0211. The number of carboxylic acids is 1. The van der Waals surface area contributed by atoms with Crippen molar-refractivity contribution in [3.63, 3.8) is 0 Å². The van der Waals surface area contributed by atoms with Crippen molar-refractivity contribution in [2.24, 2.45) is 0 Å². The number of unbranched alkanes of at least 4 members (excludes halogenated alkanes) is 34. The van der Waals surface area contributed by atoms with Crippen LogP contribution >= 0.6 is 0 Å². The van der Waals surface area contributed by atoms with E-state index in [1.807, 2.05) is 21.1 Å². The number of esters is 2. The average Bonchev–Trinajstić information content (AvgIpc) is 1.16. The third-order valence-electron chi connectivity index (χ3n) is 18.0. The first-order valence-electron chi connectivity index (χ1n) is 42.3. The van der Waals surface area contributed by atoms with Crippen LogP contribution < -0.4 is 0 Å². The molecule has 0 radical (unpaired) electrons. The summed E-state index contributed by atoms with van der Waals surface area (Å²) in [5.74, 6) is -2.02. The van der Waals surface area contributed by atoms with Crippen LogP contribution in [0.3, 0.4) is 0 Å². The van der Waals surface area contributed by atoms with Crippen LogP contribution in [0.4, 0.5) is 0 Å². The van der Waals surface area contributed by atoms with Crippen molar-refractivity contribution in [2.45, 2.75) is 360 Å². The van der Waals surface area contributed by atoms with Gasteiger partial charge in [-0.1, -0.05) is 377 Å². The fraction of sp³-hybridized carbons (Fsp3) is 0.670. The van der Waals surface area contributed by atoms with Crippen molar-refractivity contribution in [3.05, 3.63) is 170 Å². The highest BCUT2D eigenvalue weighted by Crippen LogP contribution is 2.19. The molecule has 1 N–H and O–H groups in total. The summed E-state index contributed by atoms with van der Waals surface area (Å²) >= 11 is 0. The van der Waals surface area contributed by atoms with Gasteiger partial charge in [0.15, 0.2) is 6.10 Å². The molecule has 0 rings (SSSR count). The number of hydrogen-bond donors (Lipinski definition) is 1. The van der Waals surface area contributed by atoms with Gasteiger partial charge >= 0.3 is 17.9 Å². The molecule has 0 bridgehead atoms. The predicted molar refractivity (Wildman–Crippen MR) is 446 cm³/mol. The first kappa shape index (κ1) is 97.7. The SMILES string of the molecule is CC/C=C\C/C=C\C/C=C\C/C=C\C/C=C\C/C=C\C/C=C\C/C=C\C/C=C\C/C=C\CCCCCCCCC(=O)OC(COC(=O)CCCCCCCCCCCCCCCCCCCCCCCCCCCCCC/C=C\C/C=C\C/C=C\C/C=C\CC)COC(OCC[N+](C)(C)C)C(=O)O. The van der Waals surface area contributed by atoms with Crippen molar-refractivity contribution < 1.29 is 42.9 Å². The fourth-order valence-corrected chi connectivity index (χ4v) is 11.6. The lowest BCUT2D eigenvalue weighted by molar-refractivity contribution is -0.870. The second-order valence-electron chi connectivity index (χ2n) is 29.0. The molecule has 0 aromatic rings. The first-order chi connectivity index (χ1) is 50.6. The molecule has 9 nitrogen and oxygen atoms in total. The van der Waals surface area contributed by atoms with Crippen LogP contribution in [0.1, 0.15) is 348 Å². The van der Waals surface area contributed by atoms with Gasteiger partial charge in [0.25, 0.3) is 6.29 Å². The van der Waals surface area contributed by atoms with Crippen molar-refractivity contribution in [1.82, 2.24) is 0 Å². The Hall–Kier alpha value is -5.35. The van der Waals surface area contributed by atoms with Gasteiger partial charge in [-0.2, -0.15) is 0 Å². The minimum absolute atomic E-state index is 0.178. The monoisotopic (exact) mass is 1430 g/mol. The van der Waals surface area contributed by atoms with Crippen molar-refractivity contribution in [1.29, 1.82) is 0 Å². The number of allylic oxidation sites excluding steroid dienone is 28. The molecule has 586 valence electrons. The summed E-state index contributed by atoms with van der Waals surface area (Å²) in [5.41, 5.74) is 0. The zero-order chi connectivity index (χ0) is 74.6. The maximum atomic E-state index is 13.0. The lowest BCUT2D eigenvalue weighted by Crippen LogP contribution is -2.40. The van der Waals surface area contributed by atoms with E-state index >= 15 is 0 Å². The van der Waals surface area contributed by atoms with E-state index in [1.165, 1.54) is 167 Å². The van der Waals surface area contributed by atoms with Gasteiger partial charge in [-0.25, -0.2) is 4.79 Å². The number of ether oxygens (including phenoxy) is 4. The van der Waals surface area contributed by atoms with Crippen molar-refractivity contribution >= 4 is 17.9 Å². The Kier molecular flexibility index (Phi) is 78.0. The second-order valence-corrected chi connectivity index (χ2v) is 29.0. The van der Waals surface area contributed by atoms with Crippen LogP contribution in [0.15, 0.2) is 170 Å². The molecule has 2 unspecified atom stereocenters. The molecule has 0 spiro atoms. The summed E-state index contributed by atoms with van der Waals surface area (Å²) in [6.45, 7) is 4.65. The zero-order valence-electron chi connectivity index (χ0n) is 67.2. The summed E-state index contributed by atoms with van der Waals surface area (Å²) in [6, 6.07) is 0. The van der Waals surface area contributed by atoms with Gasteiger partial charge in [0, 0.05) is 12.8 Å². The standard InChI is InChI=1S/C94H157NO8/c1-6-8-10-12-14-16-18-20-22-24-26-28-30-32-34-36-38-40-42-44-45-46-47-49-50-52-54-56-58-60-62-64-66-68-70-72-74-76-78-80-82-84-91(96)101-88-90(89-102-94(93(98)99)100-87-86-95(3,4)5)103-92(97)85-83-81-79-77-75-73-71-69-67-65-63-61-59-57-55-53-51-48-43-41-39-37-35-33-31-29-27-25-23-21-19-17-15-13-11-9-7-2/h8-11,14-17,20-23,26-29,33,35,39,41,48,51,55,57,61,63,67,69,90,94H,6-7,12-13,18-19,24-25,30-32,34,36-38,40,42-47,49-50,52-54,56,58-60,62,64-66,68,70-89H2,1-5H3/p+1/b10-8-,11-9-,16-14-,17-15-,22-20-,23-21-,28-26-,29-27-,35-33-,41-39-,51-48-,57-55-,63-61-,69-67-. The zero-order valence-corrected chi connectivity index (χ0v) is 67.2. The van der Waals surface area contributed by atoms with Gasteiger partial charge in [0.2, 0.25) is 0 Å². The Bertz CT molecular complexity index is 2310. The van der Waals surface area contributed by atoms with E-state index < -0.39 is 24.3 Å². The Morgan fingerprint density at radius 1 is 0.291 bits per heavy atom.